The molecule has 2 aromatic heterocycles. The Labute approximate surface area is 143 Å². The third-order valence-corrected chi connectivity index (χ3v) is 4.20. The van der Waals surface area contributed by atoms with E-state index in [-0.39, 0.29) is 5.75 Å². The molecule has 0 fully saturated rings. The normalized spacial score (nSPS) is 12.2. The van der Waals surface area contributed by atoms with Crippen LogP contribution in [0.25, 0.3) is 11.5 Å². The summed E-state index contributed by atoms with van der Waals surface area (Å²) in [5.41, 5.74) is 1.36. The lowest BCUT2D eigenvalue weighted by atomic mass is 10.2. The number of aromatic nitrogens is 1. The zero-order valence-corrected chi connectivity index (χ0v) is 14.2. The van der Waals surface area contributed by atoms with Crippen molar-refractivity contribution < 1.29 is 14.3 Å². The maximum Gasteiger partial charge on any atom is 0.206 e. The van der Waals surface area contributed by atoms with Gasteiger partial charge < -0.3 is 14.3 Å². The summed E-state index contributed by atoms with van der Waals surface area (Å²) in [5, 5.41) is 16.6. The monoisotopic (exact) mass is 343 g/mol. The number of phenolic OH excluding ortho intramolecular Hbond substituents is 1. The Morgan fingerprint density at radius 1 is 1.33 bits per heavy atom. The number of thiazole rings is 1. The highest BCUT2D eigenvalue weighted by atomic mass is 32.1. The Morgan fingerprint density at radius 2 is 2.21 bits per heavy atom. The number of rotatable bonds is 5. The minimum atomic E-state index is 0.0634. The van der Waals surface area contributed by atoms with Crippen molar-refractivity contribution in [2.75, 3.05) is 13.7 Å². The van der Waals surface area contributed by atoms with Crippen LogP contribution in [-0.2, 0) is 0 Å². The largest absolute Gasteiger partial charge is 0.504 e. The van der Waals surface area contributed by atoms with Crippen LogP contribution in [0.1, 0.15) is 12.5 Å². The van der Waals surface area contributed by atoms with Crippen LogP contribution in [0.4, 0.5) is 0 Å². The van der Waals surface area contributed by atoms with Crippen LogP contribution in [0, 0.1) is 0 Å². The molecular formula is C17H17N3O3S. The highest BCUT2D eigenvalue weighted by Crippen LogP contribution is 2.28. The Morgan fingerprint density at radius 3 is 2.92 bits per heavy atom. The summed E-state index contributed by atoms with van der Waals surface area (Å²) in [5.74, 6) is 1.20. The van der Waals surface area contributed by atoms with E-state index in [1.807, 2.05) is 30.5 Å². The first kappa shape index (κ1) is 16.1. The lowest BCUT2D eigenvalue weighted by Crippen LogP contribution is -2.11. The topological polar surface area (TPSA) is 72.2 Å². The molecule has 1 N–H and O–H groups in total. The van der Waals surface area contributed by atoms with E-state index in [0.717, 1.165) is 10.5 Å². The van der Waals surface area contributed by atoms with E-state index in [0.29, 0.717) is 23.7 Å². The minimum absolute atomic E-state index is 0.0634. The quantitative estimate of drug-likeness (QED) is 0.722. The average Bonchev–Trinajstić information content (AvgIpc) is 3.24. The van der Waals surface area contributed by atoms with Crippen LogP contribution in [0.3, 0.4) is 0 Å². The molecule has 0 saturated heterocycles. The molecule has 7 heteroatoms. The summed E-state index contributed by atoms with van der Waals surface area (Å²) in [6.45, 7) is 2.35. The van der Waals surface area contributed by atoms with Gasteiger partial charge in [0.2, 0.25) is 4.80 Å². The number of para-hydroxylation sites is 1. The highest BCUT2D eigenvalue weighted by molar-refractivity contribution is 7.07. The summed E-state index contributed by atoms with van der Waals surface area (Å²) in [4.78, 5) is 4.94. The molecule has 124 valence electrons. The van der Waals surface area contributed by atoms with E-state index in [4.69, 9.17) is 9.15 Å². The second-order valence-electron chi connectivity index (χ2n) is 4.79. The molecule has 6 nitrogen and oxygen atoms in total. The van der Waals surface area contributed by atoms with E-state index >= 15 is 0 Å². The minimum Gasteiger partial charge on any atom is -0.504 e. The molecule has 3 rings (SSSR count). The van der Waals surface area contributed by atoms with E-state index in [9.17, 15) is 5.11 Å². The van der Waals surface area contributed by atoms with Gasteiger partial charge in [-0.3, -0.25) is 4.99 Å². The van der Waals surface area contributed by atoms with Crippen molar-refractivity contribution in [2.45, 2.75) is 6.92 Å². The summed E-state index contributed by atoms with van der Waals surface area (Å²) in [6, 6.07) is 8.98. The third-order valence-electron chi connectivity index (χ3n) is 3.29. The Bertz CT molecular complexity index is 908. The first-order valence-corrected chi connectivity index (χ1v) is 8.29. The fraction of sp³-hybridized carbons (Fsp3) is 0.176. The van der Waals surface area contributed by atoms with Crippen molar-refractivity contribution in [3.8, 4) is 23.0 Å². The van der Waals surface area contributed by atoms with Crippen molar-refractivity contribution in [1.82, 2.24) is 4.68 Å². The number of furan rings is 1. The number of hydrogen-bond donors (Lipinski definition) is 1. The van der Waals surface area contributed by atoms with E-state index in [2.05, 4.69) is 10.1 Å². The molecule has 0 aliphatic rings. The molecule has 0 aliphatic carbocycles. The molecule has 0 saturated carbocycles. The maximum atomic E-state index is 10.3. The molecule has 0 bridgehead atoms. The number of ether oxygens (including phenoxy) is 1. The van der Waals surface area contributed by atoms with E-state index < -0.39 is 0 Å². The number of benzene rings is 1. The number of aromatic hydroxyl groups is 1. The second-order valence-corrected chi connectivity index (χ2v) is 5.62. The van der Waals surface area contributed by atoms with Crippen LogP contribution in [0.5, 0.6) is 11.5 Å². The van der Waals surface area contributed by atoms with Crippen molar-refractivity contribution in [3.63, 3.8) is 0 Å². The van der Waals surface area contributed by atoms with Crippen molar-refractivity contribution in [3.05, 3.63) is 52.3 Å². The zero-order valence-electron chi connectivity index (χ0n) is 13.3. The first-order chi connectivity index (χ1) is 11.7. The molecule has 3 aromatic rings. The first-order valence-electron chi connectivity index (χ1n) is 7.41. The summed E-state index contributed by atoms with van der Waals surface area (Å²) >= 11 is 1.46. The Kier molecular flexibility index (Phi) is 4.81. The van der Waals surface area contributed by atoms with Gasteiger partial charge in [-0.05, 0) is 31.2 Å². The molecule has 0 amide bonds. The number of hydrogen-bond acceptors (Lipinski definition) is 6. The molecule has 1 aromatic carbocycles. The number of phenols is 1. The van der Waals surface area contributed by atoms with Gasteiger partial charge >= 0.3 is 0 Å². The predicted molar refractivity (Wildman–Crippen MR) is 93.8 cm³/mol. The summed E-state index contributed by atoms with van der Waals surface area (Å²) in [6.07, 6.45) is 3.19. The average molecular weight is 343 g/mol. The molecule has 24 heavy (non-hydrogen) atoms. The molecular weight excluding hydrogens is 326 g/mol. The summed E-state index contributed by atoms with van der Waals surface area (Å²) < 4.78 is 12.5. The van der Waals surface area contributed by atoms with Gasteiger partial charge in [-0.2, -0.15) is 5.10 Å². The standard InChI is InChI=1S/C17H17N3O3S/c1-3-22-15-7-4-6-12(16(15)21)10-19-20-13(11-24-17(20)18-2)14-8-5-9-23-14/h4-11,21H,3H2,1-2H3. The van der Waals surface area contributed by atoms with E-state index in [1.165, 1.54) is 11.3 Å². The van der Waals surface area contributed by atoms with Crippen LogP contribution >= 0.6 is 11.3 Å². The molecule has 0 radical (unpaired) electrons. The van der Waals surface area contributed by atoms with Gasteiger partial charge in [-0.1, -0.05) is 6.07 Å². The Hall–Kier alpha value is -2.80. The van der Waals surface area contributed by atoms with Crippen molar-refractivity contribution in [1.29, 1.82) is 0 Å². The predicted octanol–water partition coefficient (Wildman–Crippen LogP) is 3.33. The Balaban J connectivity index is 2.02. The maximum absolute atomic E-state index is 10.3. The molecule has 0 aliphatic heterocycles. The smallest absolute Gasteiger partial charge is 0.206 e. The summed E-state index contributed by atoms with van der Waals surface area (Å²) in [7, 11) is 1.71. The van der Waals surface area contributed by atoms with Gasteiger partial charge in [0, 0.05) is 18.0 Å². The van der Waals surface area contributed by atoms with Gasteiger partial charge in [-0.25, -0.2) is 4.68 Å². The second kappa shape index (κ2) is 7.18. The van der Waals surface area contributed by atoms with Crippen LogP contribution in [0.15, 0.2) is 56.5 Å². The lowest BCUT2D eigenvalue weighted by molar-refractivity contribution is 0.318. The van der Waals surface area contributed by atoms with Crippen LogP contribution in [-0.4, -0.2) is 29.7 Å². The van der Waals surface area contributed by atoms with Gasteiger partial charge in [0.1, 0.15) is 5.69 Å². The highest BCUT2D eigenvalue weighted by Gasteiger charge is 2.10. The number of nitrogens with zero attached hydrogens (tertiary/aromatic N) is 3. The fourth-order valence-electron chi connectivity index (χ4n) is 2.19. The lowest BCUT2D eigenvalue weighted by Gasteiger charge is -2.07. The zero-order chi connectivity index (χ0) is 16.9. The van der Waals surface area contributed by atoms with Gasteiger partial charge in [0.05, 0.1) is 19.1 Å². The molecule has 2 heterocycles. The SMILES string of the molecule is CCOc1cccc(C=Nn2c(-c3ccco3)csc2=NC)c1O. The molecule has 0 unspecified atom stereocenters. The van der Waals surface area contributed by atoms with Crippen molar-refractivity contribution in [2.24, 2.45) is 10.1 Å². The van der Waals surface area contributed by atoms with Crippen LogP contribution in [0.2, 0.25) is 0 Å². The van der Waals surface area contributed by atoms with Crippen LogP contribution < -0.4 is 9.54 Å². The van der Waals surface area contributed by atoms with Gasteiger partial charge in [0.15, 0.2) is 17.3 Å². The van der Waals surface area contributed by atoms with Gasteiger partial charge in [-0.15, -0.1) is 11.3 Å². The third kappa shape index (κ3) is 3.11. The fourth-order valence-corrected chi connectivity index (χ4v) is 2.98. The molecule has 0 spiro atoms. The van der Waals surface area contributed by atoms with E-state index in [1.54, 1.807) is 36.3 Å². The van der Waals surface area contributed by atoms with Gasteiger partial charge in [0.25, 0.3) is 0 Å². The molecule has 0 atom stereocenters. The van der Waals surface area contributed by atoms with Crippen molar-refractivity contribution >= 4 is 17.6 Å².